The van der Waals surface area contributed by atoms with Gasteiger partial charge in [0, 0.05) is 0 Å². The third-order valence-electron chi connectivity index (χ3n) is 5.88. The van der Waals surface area contributed by atoms with Gasteiger partial charge in [-0.25, -0.2) is 0 Å². The largest absolute Gasteiger partial charge is 0.0610 e. The molecule has 0 fully saturated rings. The molecule has 0 saturated heterocycles. The van der Waals surface area contributed by atoms with Gasteiger partial charge in [0.25, 0.3) is 0 Å². The van der Waals surface area contributed by atoms with Crippen LogP contribution in [0.2, 0.25) is 0 Å². The second kappa shape index (κ2) is 5.07. The molecule has 0 atom stereocenters. The van der Waals surface area contributed by atoms with Gasteiger partial charge in [-0.1, -0.05) is 66.7 Å². The normalized spacial score (nSPS) is 11.8. The van der Waals surface area contributed by atoms with E-state index in [9.17, 15) is 0 Å². The molecule has 0 aliphatic carbocycles. The van der Waals surface area contributed by atoms with Gasteiger partial charge in [0.1, 0.15) is 0 Å². The smallest absolute Gasteiger partial charge is 0.00206 e. The van der Waals surface area contributed by atoms with Crippen molar-refractivity contribution < 1.29 is 0 Å². The highest BCUT2D eigenvalue weighted by Gasteiger charge is 2.13. The van der Waals surface area contributed by atoms with Gasteiger partial charge < -0.3 is 0 Å². The summed E-state index contributed by atoms with van der Waals surface area (Å²) in [5, 5.41) is 8.11. The van der Waals surface area contributed by atoms with Gasteiger partial charge in [0.05, 0.1) is 0 Å². The fraction of sp³-hybridized carbons (Fsp3) is 0.120. The van der Waals surface area contributed by atoms with Gasteiger partial charge in [0.15, 0.2) is 0 Å². The summed E-state index contributed by atoms with van der Waals surface area (Å²) in [6.07, 6.45) is 0. The summed E-state index contributed by atoms with van der Waals surface area (Å²) in [5.74, 6) is 0. The standard InChI is InChI=1S/C25H20/c1-15-7-12-21(17(3)16(15)2)22-13-10-20-9-8-18-5-4-6-19-11-14-23(22)25(20)24(18)19/h4-14H,1-3H3. The first-order valence-corrected chi connectivity index (χ1v) is 8.89. The second-order valence-corrected chi connectivity index (χ2v) is 7.15. The third kappa shape index (κ3) is 1.94. The maximum atomic E-state index is 2.30. The van der Waals surface area contributed by atoms with Gasteiger partial charge in [-0.2, -0.15) is 0 Å². The predicted molar refractivity (Wildman–Crippen MR) is 110 cm³/mol. The SMILES string of the molecule is Cc1ccc(-c2ccc3ccc4cccc5ccc2c3c45)c(C)c1C. The molecule has 0 aliphatic rings. The van der Waals surface area contributed by atoms with E-state index in [0.717, 1.165) is 0 Å². The summed E-state index contributed by atoms with van der Waals surface area (Å²) >= 11 is 0. The molecule has 5 rings (SSSR count). The topological polar surface area (TPSA) is 0 Å². The maximum Gasteiger partial charge on any atom is -0.00206 e. The van der Waals surface area contributed by atoms with Crippen LogP contribution in [0.5, 0.6) is 0 Å². The Morgan fingerprint density at radius 1 is 0.480 bits per heavy atom. The van der Waals surface area contributed by atoms with E-state index >= 15 is 0 Å². The molecule has 0 spiro atoms. The average Bonchev–Trinajstić information content (AvgIpc) is 2.65. The van der Waals surface area contributed by atoms with Crippen LogP contribution in [0.4, 0.5) is 0 Å². The average molecular weight is 320 g/mol. The lowest BCUT2D eigenvalue weighted by molar-refractivity contribution is 1.27. The van der Waals surface area contributed by atoms with Crippen LogP contribution in [0, 0.1) is 20.8 Å². The molecule has 0 aliphatic heterocycles. The van der Waals surface area contributed by atoms with E-state index in [0.29, 0.717) is 0 Å². The molecule has 0 N–H and O–H groups in total. The van der Waals surface area contributed by atoms with Crippen molar-refractivity contribution in [2.75, 3.05) is 0 Å². The highest BCUT2D eigenvalue weighted by Crippen LogP contribution is 2.40. The van der Waals surface area contributed by atoms with Crippen LogP contribution in [0.1, 0.15) is 16.7 Å². The highest BCUT2D eigenvalue weighted by atomic mass is 14.2. The molecule has 5 aromatic carbocycles. The van der Waals surface area contributed by atoms with Gasteiger partial charge in [-0.05, 0) is 80.9 Å². The number of rotatable bonds is 1. The molecular weight excluding hydrogens is 300 g/mol. The summed E-state index contributed by atoms with van der Waals surface area (Å²) in [7, 11) is 0. The van der Waals surface area contributed by atoms with Crippen LogP contribution < -0.4 is 0 Å². The van der Waals surface area contributed by atoms with Gasteiger partial charge in [-0.3, -0.25) is 0 Å². The summed E-state index contributed by atoms with van der Waals surface area (Å²) in [6, 6.07) is 24.7. The molecule has 0 heteroatoms. The molecule has 0 aromatic heterocycles. The quantitative estimate of drug-likeness (QED) is 0.287. The zero-order valence-electron chi connectivity index (χ0n) is 14.9. The van der Waals surface area contributed by atoms with E-state index in [1.807, 2.05) is 0 Å². The van der Waals surface area contributed by atoms with E-state index < -0.39 is 0 Å². The Labute approximate surface area is 148 Å². The third-order valence-corrected chi connectivity index (χ3v) is 5.88. The Kier molecular flexibility index (Phi) is 2.93. The molecule has 120 valence electrons. The van der Waals surface area contributed by atoms with Gasteiger partial charge >= 0.3 is 0 Å². The molecule has 0 nitrogen and oxygen atoms in total. The number of hydrogen-bond acceptors (Lipinski definition) is 0. The lowest BCUT2D eigenvalue weighted by atomic mass is 9.87. The van der Waals surface area contributed by atoms with Crippen molar-refractivity contribution in [3.05, 3.63) is 83.4 Å². The summed E-state index contributed by atoms with van der Waals surface area (Å²) in [5.41, 5.74) is 6.82. The highest BCUT2D eigenvalue weighted by molar-refractivity contribution is 6.25. The molecule has 5 aromatic rings. The fourth-order valence-corrected chi connectivity index (χ4v) is 4.22. The van der Waals surface area contributed by atoms with Crippen LogP contribution in [0.3, 0.4) is 0 Å². The van der Waals surface area contributed by atoms with E-state index in [1.165, 1.54) is 60.1 Å². The Balaban J connectivity index is 1.97. The Morgan fingerprint density at radius 2 is 1.08 bits per heavy atom. The summed E-state index contributed by atoms with van der Waals surface area (Å²) in [6.45, 7) is 6.66. The fourth-order valence-electron chi connectivity index (χ4n) is 4.22. The summed E-state index contributed by atoms with van der Waals surface area (Å²) < 4.78 is 0. The van der Waals surface area contributed by atoms with Gasteiger partial charge in [-0.15, -0.1) is 0 Å². The molecule has 0 saturated carbocycles. The lowest BCUT2D eigenvalue weighted by Crippen LogP contribution is -1.92. The first-order chi connectivity index (χ1) is 12.1. The number of benzene rings is 5. The van der Waals surface area contributed by atoms with Crippen molar-refractivity contribution in [1.82, 2.24) is 0 Å². The van der Waals surface area contributed by atoms with Gasteiger partial charge in [0.2, 0.25) is 0 Å². The van der Waals surface area contributed by atoms with Crippen LogP contribution in [0.25, 0.3) is 43.4 Å². The van der Waals surface area contributed by atoms with Crippen molar-refractivity contribution in [2.45, 2.75) is 20.8 Å². The van der Waals surface area contributed by atoms with Crippen LogP contribution in [0.15, 0.2) is 66.7 Å². The molecule has 0 amide bonds. The van der Waals surface area contributed by atoms with Crippen molar-refractivity contribution in [3.8, 4) is 11.1 Å². The Bertz CT molecular complexity index is 1240. The monoisotopic (exact) mass is 320 g/mol. The second-order valence-electron chi connectivity index (χ2n) is 7.15. The minimum atomic E-state index is 1.32. The van der Waals surface area contributed by atoms with Crippen molar-refractivity contribution in [2.24, 2.45) is 0 Å². The minimum absolute atomic E-state index is 1.32. The minimum Gasteiger partial charge on any atom is -0.0610 e. The van der Waals surface area contributed by atoms with Crippen LogP contribution >= 0.6 is 0 Å². The zero-order valence-corrected chi connectivity index (χ0v) is 14.9. The molecular formula is C25H20. The van der Waals surface area contributed by atoms with Crippen molar-refractivity contribution in [1.29, 1.82) is 0 Å². The van der Waals surface area contributed by atoms with Crippen molar-refractivity contribution >= 4 is 32.3 Å². The van der Waals surface area contributed by atoms with Crippen molar-refractivity contribution in [3.63, 3.8) is 0 Å². The van der Waals surface area contributed by atoms with E-state index in [1.54, 1.807) is 0 Å². The van der Waals surface area contributed by atoms with E-state index in [2.05, 4.69) is 87.5 Å². The number of aryl methyl sites for hydroxylation is 1. The van der Waals surface area contributed by atoms with Crippen LogP contribution in [-0.2, 0) is 0 Å². The Morgan fingerprint density at radius 3 is 1.84 bits per heavy atom. The predicted octanol–water partition coefficient (Wildman–Crippen LogP) is 7.18. The van der Waals surface area contributed by atoms with E-state index in [-0.39, 0.29) is 0 Å². The number of hydrogen-bond donors (Lipinski definition) is 0. The molecule has 0 unspecified atom stereocenters. The zero-order chi connectivity index (χ0) is 17.1. The van der Waals surface area contributed by atoms with Crippen LogP contribution in [-0.4, -0.2) is 0 Å². The Hall–Kier alpha value is -2.86. The molecule has 0 radical (unpaired) electrons. The maximum absolute atomic E-state index is 2.30. The molecule has 0 heterocycles. The molecule has 25 heavy (non-hydrogen) atoms. The first-order valence-electron chi connectivity index (χ1n) is 8.89. The van der Waals surface area contributed by atoms with E-state index in [4.69, 9.17) is 0 Å². The first kappa shape index (κ1) is 14.5. The lowest BCUT2D eigenvalue weighted by Gasteiger charge is -2.17. The summed E-state index contributed by atoms with van der Waals surface area (Å²) in [4.78, 5) is 0. The molecule has 0 bridgehead atoms.